The quantitative estimate of drug-likeness (QED) is 0.679. The van der Waals surface area contributed by atoms with Crippen LogP contribution in [-0.2, 0) is 9.53 Å². The van der Waals surface area contributed by atoms with Crippen molar-refractivity contribution in [3.05, 3.63) is 12.2 Å². The summed E-state index contributed by atoms with van der Waals surface area (Å²) in [4.78, 5) is 11.4. The van der Waals surface area contributed by atoms with Gasteiger partial charge in [0.05, 0.1) is 0 Å². The third-order valence-electron chi connectivity index (χ3n) is 2.87. The van der Waals surface area contributed by atoms with Gasteiger partial charge in [-0.05, 0) is 18.6 Å². The molecule has 1 aliphatic rings. The van der Waals surface area contributed by atoms with Crippen LogP contribution in [0.25, 0.3) is 0 Å². The number of hydrogen-bond donors (Lipinski definition) is 1. The van der Waals surface area contributed by atoms with Crippen molar-refractivity contribution in [3.63, 3.8) is 0 Å². The molecule has 3 nitrogen and oxygen atoms in total. The third kappa shape index (κ3) is 4.90. The topological polar surface area (TPSA) is 46.5 Å². The molecule has 0 amide bonds. The second-order valence-corrected chi connectivity index (χ2v) is 4.33. The Labute approximate surface area is 97.5 Å². The van der Waals surface area contributed by atoms with Crippen molar-refractivity contribution in [3.8, 4) is 0 Å². The van der Waals surface area contributed by atoms with E-state index in [1.807, 2.05) is 0 Å². The van der Waals surface area contributed by atoms with Crippen molar-refractivity contribution in [2.24, 2.45) is 0 Å². The highest BCUT2D eigenvalue weighted by Crippen LogP contribution is 2.15. The number of aliphatic hydroxyl groups is 1. The molecular formula is C13H22O3. The number of rotatable bonds is 7. The van der Waals surface area contributed by atoms with Crippen LogP contribution >= 0.6 is 0 Å². The van der Waals surface area contributed by atoms with E-state index in [0.717, 1.165) is 19.3 Å². The summed E-state index contributed by atoms with van der Waals surface area (Å²) in [6, 6.07) is 0. The van der Waals surface area contributed by atoms with E-state index in [-0.39, 0.29) is 5.78 Å². The van der Waals surface area contributed by atoms with E-state index in [1.165, 1.54) is 37.8 Å². The van der Waals surface area contributed by atoms with E-state index < -0.39 is 12.4 Å². The van der Waals surface area contributed by atoms with Gasteiger partial charge in [-0.2, -0.15) is 0 Å². The second kappa shape index (κ2) is 7.58. The van der Waals surface area contributed by atoms with E-state index in [2.05, 4.69) is 6.92 Å². The molecule has 0 aromatic rings. The third-order valence-corrected chi connectivity index (χ3v) is 2.87. The Balaban J connectivity index is 2.08. The highest BCUT2D eigenvalue weighted by Gasteiger charge is 2.22. The molecule has 1 heterocycles. The number of unbranched alkanes of at least 4 members (excludes halogenated alkanes) is 5. The van der Waals surface area contributed by atoms with Gasteiger partial charge < -0.3 is 9.84 Å². The molecule has 1 unspecified atom stereocenters. The summed E-state index contributed by atoms with van der Waals surface area (Å²) in [5.74, 6) is -0.0149. The Hall–Kier alpha value is -0.670. The molecule has 1 aliphatic heterocycles. The lowest BCUT2D eigenvalue weighted by atomic mass is 10.0. The van der Waals surface area contributed by atoms with E-state index in [4.69, 9.17) is 4.74 Å². The molecule has 0 saturated carbocycles. The SMILES string of the molecule is CCCCCCCC[C@H]1OC(O)C=CC1=O. The summed E-state index contributed by atoms with van der Waals surface area (Å²) in [6.07, 6.45) is 9.41. The van der Waals surface area contributed by atoms with Crippen LogP contribution < -0.4 is 0 Å². The Morgan fingerprint density at radius 3 is 2.69 bits per heavy atom. The highest BCUT2D eigenvalue weighted by molar-refractivity contribution is 5.94. The lowest BCUT2D eigenvalue weighted by Gasteiger charge is -2.21. The largest absolute Gasteiger partial charge is 0.365 e. The minimum atomic E-state index is -0.900. The van der Waals surface area contributed by atoms with Gasteiger partial charge in [0, 0.05) is 0 Å². The standard InChI is InChI=1S/C13H22O3/c1-2-3-4-5-6-7-8-12-11(14)9-10-13(15)16-12/h9-10,12-13,15H,2-8H2,1H3/t12-,13?/m1/s1. The first-order valence-electron chi connectivity index (χ1n) is 6.29. The van der Waals surface area contributed by atoms with Crippen LogP contribution in [0.3, 0.4) is 0 Å². The monoisotopic (exact) mass is 226 g/mol. The van der Waals surface area contributed by atoms with E-state index in [0.29, 0.717) is 0 Å². The van der Waals surface area contributed by atoms with Crippen molar-refractivity contribution in [1.82, 2.24) is 0 Å². The second-order valence-electron chi connectivity index (χ2n) is 4.33. The van der Waals surface area contributed by atoms with Gasteiger partial charge in [-0.1, -0.05) is 45.4 Å². The Morgan fingerprint density at radius 2 is 1.94 bits per heavy atom. The van der Waals surface area contributed by atoms with Crippen LogP contribution in [0.4, 0.5) is 0 Å². The minimum Gasteiger partial charge on any atom is -0.365 e. The van der Waals surface area contributed by atoms with E-state index in [1.54, 1.807) is 0 Å². The maximum atomic E-state index is 11.4. The Morgan fingerprint density at radius 1 is 1.25 bits per heavy atom. The molecule has 0 spiro atoms. The maximum absolute atomic E-state index is 11.4. The first-order valence-corrected chi connectivity index (χ1v) is 6.29. The summed E-state index contributed by atoms with van der Waals surface area (Å²) in [5, 5.41) is 9.21. The van der Waals surface area contributed by atoms with Gasteiger partial charge in [0.15, 0.2) is 12.1 Å². The molecule has 0 bridgehead atoms. The summed E-state index contributed by atoms with van der Waals surface area (Å²) < 4.78 is 5.15. The van der Waals surface area contributed by atoms with Crippen LogP contribution in [-0.4, -0.2) is 23.3 Å². The van der Waals surface area contributed by atoms with Crippen LogP contribution in [0.1, 0.15) is 51.9 Å². The summed E-state index contributed by atoms with van der Waals surface area (Å²) in [5.41, 5.74) is 0. The zero-order valence-electron chi connectivity index (χ0n) is 10.0. The predicted molar refractivity (Wildman–Crippen MR) is 63.0 cm³/mol. The zero-order chi connectivity index (χ0) is 11.8. The van der Waals surface area contributed by atoms with Gasteiger partial charge in [-0.25, -0.2) is 0 Å². The lowest BCUT2D eigenvalue weighted by molar-refractivity contribution is -0.149. The molecule has 0 aliphatic carbocycles. The molecule has 0 aromatic heterocycles. The summed E-state index contributed by atoms with van der Waals surface area (Å²) in [7, 11) is 0. The van der Waals surface area contributed by atoms with Crippen molar-refractivity contribution < 1.29 is 14.6 Å². The zero-order valence-corrected chi connectivity index (χ0v) is 10.0. The fourth-order valence-electron chi connectivity index (χ4n) is 1.89. The van der Waals surface area contributed by atoms with Gasteiger partial charge in [0.25, 0.3) is 0 Å². The lowest BCUT2D eigenvalue weighted by Crippen LogP contribution is -2.31. The molecule has 1 rings (SSSR count). The van der Waals surface area contributed by atoms with Crippen molar-refractivity contribution >= 4 is 5.78 Å². The molecule has 0 fully saturated rings. The van der Waals surface area contributed by atoms with Crippen LogP contribution in [0, 0.1) is 0 Å². The summed E-state index contributed by atoms with van der Waals surface area (Å²) >= 11 is 0. The first-order chi connectivity index (χ1) is 7.74. The van der Waals surface area contributed by atoms with Crippen LogP contribution in [0.5, 0.6) is 0 Å². The maximum Gasteiger partial charge on any atom is 0.184 e. The Kier molecular flexibility index (Phi) is 6.34. The molecular weight excluding hydrogens is 204 g/mol. The smallest absolute Gasteiger partial charge is 0.184 e. The van der Waals surface area contributed by atoms with Gasteiger partial charge in [0.1, 0.15) is 6.10 Å². The van der Waals surface area contributed by atoms with Crippen molar-refractivity contribution in [2.45, 2.75) is 64.3 Å². The average Bonchev–Trinajstić information content (AvgIpc) is 2.28. The number of carbonyl (C=O) groups excluding carboxylic acids is 1. The normalized spacial score (nSPS) is 25.0. The number of ether oxygens (including phenoxy) is 1. The number of carbonyl (C=O) groups is 1. The molecule has 0 saturated heterocycles. The number of aliphatic hydroxyl groups excluding tert-OH is 1. The summed E-state index contributed by atoms with van der Waals surface area (Å²) in [6.45, 7) is 2.20. The molecule has 0 aromatic carbocycles. The molecule has 3 heteroatoms. The van der Waals surface area contributed by atoms with Crippen molar-refractivity contribution in [2.75, 3.05) is 0 Å². The predicted octanol–water partition coefficient (Wildman–Crippen LogP) is 2.58. The molecule has 1 N–H and O–H groups in total. The van der Waals surface area contributed by atoms with Gasteiger partial charge in [-0.3, -0.25) is 4.79 Å². The highest BCUT2D eigenvalue weighted by atomic mass is 16.6. The van der Waals surface area contributed by atoms with E-state index in [9.17, 15) is 9.90 Å². The molecule has 16 heavy (non-hydrogen) atoms. The number of hydrogen-bond acceptors (Lipinski definition) is 3. The van der Waals surface area contributed by atoms with E-state index >= 15 is 0 Å². The first kappa shape index (κ1) is 13.4. The van der Waals surface area contributed by atoms with Crippen LogP contribution in [0.2, 0.25) is 0 Å². The van der Waals surface area contributed by atoms with Gasteiger partial charge in [-0.15, -0.1) is 0 Å². The van der Waals surface area contributed by atoms with Gasteiger partial charge in [0.2, 0.25) is 0 Å². The van der Waals surface area contributed by atoms with Crippen molar-refractivity contribution in [1.29, 1.82) is 0 Å². The fraction of sp³-hybridized carbons (Fsp3) is 0.769. The number of ketones is 1. The molecule has 92 valence electrons. The Bertz CT molecular complexity index is 235. The van der Waals surface area contributed by atoms with Crippen LogP contribution in [0.15, 0.2) is 12.2 Å². The molecule has 2 atom stereocenters. The molecule has 0 radical (unpaired) electrons. The fourth-order valence-corrected chi connectivity index (χ4v) is 1.89. The average molecular weight is 226 g/mol. The minimum absolute atomic E-state index is 0.0149. The van der Waals surface area contributed by atoms with Gasteiger partial charge >= 0.3 is 0 Å².